The first kappa shape index (κ1) is 14.7. The van der Waals surface area contributed by atoms with Crippen LogP contribution in [0.5, 0.6) is 0 Å². The van der Waals surface area contributed by atoms with Gasteiger partial charge in [0.05, 0.1) is 0 Å². The van der Waals surface area contributed by atoms with Gasteiger partial charge in [0, 0.05) is 6.42 Å². The molecule has 0 saturated heterocycles. The molecular formula is C10H13F3O3. The van der Waals surface area contributed by atoms with Crippen LogP contribution in [0.15, 0.2) is 12.7 Å². The molecule has 0 aliphatic rings. The first-order valence-corrected chi connectivity index (χ1v) is 4.62. The number of alkyl halides is 3. The summed E-state index contributed by atoms with van der Waals surface area (Å²) in [5.74, 6) is -3.86. The smallest absolute Gasteiger partial charge is 0.398 e. The molecule has 1 atom stereocenters. The van der Waals surface area contributed by atoms with Crippen LogP contribution in [-0.4, -0.2) is 24.5 Å². The summed E-state index contributed by atoms with van der Waals surface area (Å²) in [6.07, 6.45) is -4.30. The van der Waals surface area contributed by atoms with E-state index in [9.17, 15) is 22.8 Å². The van der Waals surface area contributed by atoms with Crippen molar-refractivity contribution in [2.75, 3.05) is 6.61 Å². The van der Waals surface area contributed by atoms with E-state index in [1.54, 1.807) is 0 Å². The summed E-state index contributed by atoms with van der Waals surface area (Å²) < 4.78 is 41.4. The first-order chi connectivity index (χ1) is 7.29. The van der Waals surface area contributed by atoms with Crippen molar-refractivity contribution >= 4 is 11.8 Å². The molecule has 0 aromatic carbocycles. The second kappa shape index (κ2) is 6.30. The lowest BCUT2D eigenvalue weighted by atomic mass is 9.99. The molecule has 1 unspecified atom stereocenters. The van der Waals surface area contributed by atoms with Gasteiger partial charge in [-0.2, -0.15) is 13.2 Å². The first-order valence-electron chi connectivity index (χ1n) is 4.62. The zero-order valence-electron chi connectivity index (χ0n) is 8.84. The van der Waals surface area contributed by atoms with Crippen molar-refractivity contribution in [1.29, 1.82) is 0 Å². The van der Waals surface area contributed by atoms with Crippen molar-refractivity contribution in [3.8, 4) is 0 Å². The van der Waals surface area contributed by atoms with E-state index in [-0.39, 0.29) is 6.61 Å². The Bertz CT molecular complexity index is 271. The Balaban J connectivity index is 4.18. The Morgan fingerprint density at radius 1 is 1.44 bits per heavy atom. The minimum Gasteiger partial charge on any atom is -0.461 e. The van der Waals surface area contributed by atoms with Crippen LogP contribution >= 0.6 is 0 Å². The standard InChI is InChI=1S/C10H13F3O3/c1-3-6-16-9(15)5-4-8(7(2)14)10(11,12)13/h3,8H,1,4-6H2,2H3. The molecule has 92 valence electrons. The minimum absolute atomic E-state index is 0.0460. The Morgan fingerprint density at radius 2 is 2.00 bits per heavy atom. The molecule has 16 heavy (non-hydrogen) atoms. The Kier molecular flexibility index (Phi) is 5.77. The molecule has 6 heteroatoms. The van der Waals surface area contributed by atoms with Crippen molar-refractivity contribution in [1.82, 2.24) is 0 Å². The molecule has 0 rings (SSSR count). The van der Waals surface area contributed by atoms with Crippen LogP contribution in [0, 0.1) is 5.92 Å². The van der Waals surface area contributed by atoms with E-state index >= 15 is 0 Å². The van der Waals surface area contributed by atoms with Gasteiger partial charge in [-0.3, -0.25) is 9.59 Å². The monoisotopic (exact) mass is 238 g/mol. The van der Waals surface area contributed by atoms with Crippen LogP contribution < -0.4 is 0 Å². The van der Waals surface area contributed by atoms with Gasteiger partial charge in [-0.1, -0.05) is 12.7 Å². The molecule has 0 radical (unpaired) electrons. The number of Topliss-reactive ketones (excluding diaryl/α,β-unsaturated/α-hetero) is 1. The van der Waals surface area contributed by atoms with E-state index in [0.29, 0.717) is 0 Å². The predicted octanol–water partition coefficient (Wildman–Crippen LogP) is 2.26. The van der Waals surface area contributed by atoms with Crippen LogP contribution in [-0.2, 0) is 14.3 Å². The topological polar surface area (TPSA) is 43.4 Å². The third kappa shape index (κ3) is 5.53. The van der Waals surface area contributed by atoms with Crippen molar-refractivity contribution in [2.24, 2.45) is 5.92 Å². The molecule has 0 aromatic heterocycles. The number of ether oxygens (including phenoxy) is 1. The number of ketones is 1. The molecule has 0 fully saturated rings. The van der Waals surface area contributed by atoms with Crippen LogP contribution in [0.4, 0.5) is 13.2 Å². The van der Waals surface area contributed by atoms with Crippen molar-refractivity contribution < 1.29 is 27.5 Å². The van der Waals surface area contributed by atoms with Gasteiger partial charge in [0.1, 0.15) is 18.3 Å². The molecule has 0 heterocycles. The highest BCUT2D eigenvalue weighted by Gasteiger charge is 2.42. The maximum Gasteiger partial charge on any atom is 0.398 e. The number of carbonyl (C=O) groups excluding carboxylic acids is 2. The molecule has 0 aliphatic carbocycles. The summed E-state index contributed by atoms with van der Waals surface area (Å²) in [6.45, 7) is 4.09. The van der Waals surface area contributed by atoms with Crippen molar-refractivity contribution in [2.45, 2.75) is 25.9 Å². The predicted molar refractivity (Wildman–Crippen MR) is 50.6 cm³/mol. The zero-order chi connectivity index (χ0) is 12.8. The Labute approximate surface area is 91.3 Å². The van der Waals surface area contributed by atoms with Crippen LogP contribution in [0.1, 0.15) is 19.8 Å². The van der Waals surface area contributed by atoms with Gasteiger partial charge in [-0.05, 0) is 13.3 Å². The molecular weight excluding hydrogens is 225 g/mol. The molecule has 3 nitrogen and oxygen atoms in total. The van der Waals surface area contributed by atoms with Crippen LogP contribution in [0.25, 0.3) is 0 Å². The van der Waals surface area contributed by atoms with Crippen molar-refractivity contribution in [3.63, 3.8) is 0 Å². The summed E-state index contributed by atoms with van der Waals surface area (Å²) in [5.41, 5.74) is 0. The quantitative estimate of drug-likeness (QED) is 0.526. The highest BCUT2D eigenvalue weighted by Crippen LogP contribution is 2.30. The average Bonchev–Trinajstić information content (AvgIpc) is 2.12. The van der Waals surface area contributed by atoms with Gasteiger partial charge < -0.3 is 4.74 Å². The van der Waals surface area contributed by atoms with E-state index < -0.39 is 36.7 Å². The largest absolute Gasteiger partial charge is 0.461 e. The maximum absolute atomic E-state index is 12.3. The summed E-state index contributed by atoms with van der Waals surface area (Å²) in [7, 11) is 0. The molecule has 0 amide bonds. The van der Waals surface area contributed by atoms with Gasteiger partial charge in [-0.25, -0.2) is 0 Å². The fraction of sp³-hybridized carbons (Fsp3) is 0.600. The lowest BCUT2D eigenvalue weighted by molar-refractivity contribution is -0.182. The van der Waals surface area contributed by atoms with E-state index in [1.807, 2.05) is 0 Å². The van der Waals surface area contributed by atoms with Gasteiger partial charge >= 0.3 is 12.1 Å². The lowest BCUT2D eigenvalue weighted by Gasteiger charge is -2.16. The molecule has 0 saturated carbocycles. The van der Waals surface area contributed by atoms with Gasteiger partial charge in [0.25, 0.3) is 0 Å². The number of hydrogen-bond donors (Lipinski definition) is 0. The molecule has 0 spiro atoms. The normalized spacial score (nSPS) is 13.0. The summed E-state index contributed by atoms with van der Waals surface area (Å²) in [6, 6.07) is 0. The summed E-state index contributed by atoms with van der Waals surface area (Å²) >= 11 is 0. The third-order valence-electron chi connectivity index (χ3n) is 1.89. The number of carbonyl (C=O) groups is 2. The fourth-order valence-corrected chi connectivity index (χ4v) is 1.08. The fourth-order valence-electron chi connectivity index (χ4n) is 1.08. The van der Waals surface area contributed by atoms with E-state index in [2.05, 4.69) is 11.3 Å². The number of rotatable bonds is 6. The maximum atomic E-state index is 12.3. The third-order valence-corrected chi connectivity index (χ3v) is 1.89. The van der Waals surface area contributed by atoms with Crippen molar-refractivity contribution in [3.05, 3.63) is 12.7 Å². The number of esters is 1. The number of hydrogen-bond acceptors (Lipinski definition) is 3. The molecule has 0 N–H and O–H groups in total. The average molecular weight is 238 g/mol. The second-order valence-corrected chi connectivity index (χ2v) is 3.22. The van der Waals surface area contributed by atoms with Gasteiger partial charge in [0.2, 0.25) is 0 Å². The van der Waals surface area contributed by atoms with Gasteiger partial charge in [0.15, 0.2) is 0 Å². The number of halogens is 3. The molecule has 0 bridgehead atoms. The lowest BCUT2D eigenvalue weighted by Crippen LogP contribution is -2.29. The second-order valence-electron chi connectivity index (χ2n) is 3.22. The zero-order valence-corrected chi connectivity index (χ0v) is 8.84. The molecule has 0 aromatic rings. The molecule has 0 aliphatic heterocycles. The highest BCUT2D eigenvalue weighted by atomic mass is 19.4. The van der Waals surface area contributed by atoms with Crippen LogP contribution in [0.2, 0.25) is 0 Å². The Morgan fingerprint density at radius 3 is 2.38 bits per heavy atom. The van der Waals surface area contributed by atoms with Crippen LogP contribution in [0.3, 0.4) is 0 Å². The summed E-state index contributed by atoms with van der Waals surface area (Å²) in [5, 5.41) is 0. The van der Waals surface area contributed by atoms with E-state index in [1.165, 1.54) is 6.08 Å². The van der Waals surface area contributed by atoms with E-state index in [4.69, 9.17) is 0 Å². The highest BCUT2D eigenvalue weighted by molar-refractivity contribution is 5.80. The SMILES string of the molecule is C=CCOC(=O)CCC(C(C)=O)C(F)(F)F. The van der Waals surface area contributed by atoms with E-state index in [0.717, 1.165) is 6.92 Å². The minimum atomic E-state index is -4.61. The van der Waals surface area contributed by atoms with Gasteiger partial charge in [-0.15, -0.1) is 0 Å². The summed E-state index contributed by atoms with van der Waals surface area (Å²) in [4.78, 5) is 21.6. The Hall–Kier alpha value is -1.33.